The number of benzene rings is 3. The number of nitrogens with zero attached hydrogens (tertiary/aromatic N) is 3. The predicted molar refractivity (Wildman–Crippen MR) is 148 cm³/mol. The molecule has 40 heavy (non-hydrogen) atoms. The van der Waals surface area contributed by atoms with Gasteiger partial charge in [0, 0.05) is 12.1 Å². The zero-order valence-corrected chi connectivity index (χ0v) is 23.2. The highest BCUT2D eigenvalue weighted by atomic mass is 79.9. The van der Waals surface area contributed by atoms with Gasteiger partial charge >= 0.3 is 0 Å². The summed E-state index contributed by atoms with van der Waals surface area (Å²) in [5.74, 6) is -1.41. The minimum absolute atomic E-state index is 0.138. The molecule has 0 aliphatic carbocycles. The second kappa shape index (κ2) is 11.1. The monoisotopic (exact) mass is 611 g/mol. The van der Waals surface area contributed by atoms with Crippen LogP contribution in [0.15, 0.2) is 65.1 Å². The summed E-state index contributed by atoms with van der Waals surface area (Å²) in [5.41, 5.74) is 0.976. The normalized spacial score (nSPS) is 20.1. The number of non-ortho nitro benzene ring substituents is 1. The van der Waals surface area contributed by atoms with E-state index < -0.39 is 34.8 Å². The Hall–Kier alpha value is -4.16. The van der Waals surface area contributed by atoms with Crippen molar-refractivity contribution in [1.29, 1.82) is 0 Å². The largest absolute Gasteiger partial charge is 0.503 e. The topological polar surface area (TPSA) is 132 Å². The van der Waals surface area contributed by atoms with Crippen molar-refractivity contribution in [3.8, 4) is 17.2 Å². The number of nitro benzene ring substituents is 1. The summed E-state index contributed by atoms with van der Waals surface area (Å²) >= 11 is 3.32. The van der Waals surface area contributed by atoms with Gasteiger partial charge in [-0.25, -0.2) is 9.96 Å². The number of hydroxylamine groups is 1. The van der Waals surface area contributed by atoms with Crippen LogP contribution in [-0.4, -0.2) is 41.7 Å². The highest BCUT2D eigenvalue weighted by Crippen LogP contribution is 2.50. The Labute approximate surface area is 238 Å². The van der Waals surface area contributed by atoms with Gasteiger partial charge in [-0.05, 0) is 70.4 Å². The lowest BCUT2D eigenvalue weighted by Crippen LogP contribution is -2.37. The maximum Gasteiger partial charge on any atom is 0.271 e. The van der Waals surface area contributed by atoms with Crippen LogP contribution in [0.1, 0.15) is 31.4 Å². The van der Waals surface area contributed by atoms with E-state index in [0.717, 1.165) is 17.7 Å². The van der Waals surface area contributed by atoms with Crippen molar-refractivity contribution in [1.82, 2.24) is 0 Å². The molecule has 3 unspecified atom stereocenters. The first kappa shape index (κ1) is 27.4. The molecule has 0 bridgehead atoms. The number of fused-ring (bicyclic) bond motifs is 1. The Morgan fingerprint density at radius 1 is 1.07 bits per heavy atom. The molecule has 12 heteroatoms. The summed E-state index contributed by atoms with van der Waals surface area (Å²) in [6, 6.07) is 14.7. The molecule has 0 aromatic heterocycles. The van der Waals surface area contributed by atoms with Crippen LogP contribution in [0.25, 0.3) is 0 Å². The lowest BCUT2D eigenvalue weighted by Gasteiger charge is -2.29. The van der Waals surface area contributed by atoms with Gasteiger partial charge in [-0.1, -0.05) is 19.4 Å². The van der Waals surface area contributed by atoms with E-state index in [2.05, 4.69) is 22.9 Å². The van der Waals surface area contributed by atoms with E-state index in [-0.39, 0.29) is 22.9 Å². The fourth-order valence-electron chi connectivity index (χ4n) is 4.92. The van der Waals surface area contributed by atoms with Gasteiger partial charge in [-0.2, -0.15) is 0 Å². The van der Waals surface area contributed by atoms with E-state index in [1.165, 1.54) is 30.4 Å². The third kappa shape index (κ3) is 4.84. The average Bonchev–Trinajstić information content (AvgIpc) is 3.46. The van der Waals surface area contributed by atoms with Crippen LogP contribution < -0.4 is 19.4 Å². The molecule has 2 amide bonds. The number of amides is 2. The van der Waals surface area contributed by atoms with Crippen LogP contribution in [0.2, 0.25) is 0 Å². The number of hydrogen-bond acceptors (Lipinski definition) is 9. The van der Waals surface area contributed by atoms with E-state index in [0.29, 0.717) is 28.1 Å². The Morgan fingerprint density at radius 3 is 2.50 bits per heavy atom. The lowest BCUT2D eigenvalue weighted by atomic mass is 9.90. The van der Waals surface area contributed by atoms with Gasteiger partial charge in [0.25, 0.3) is 11.6 Å². The van der Waals surface area contributed by atoms with Crippen molar-refractivity contribution < 1.29 is 33.9 Å². The first-order valence-corrected chi connectivity index (χ1v) is 13.4. The molecular weight excluding hydrogens is 586 g/mol. The van der Waals surface area contributed by atoms with Gasteiger partial charge in [0.05, 0.1) is 40.5 Å². The molecule has 5 rings (SSSR count). The minimum Gasteiger partial charge on any atom is -0.503 e. The molecule has 11 nitrogen and oxygen atoms in total. The average molecular weight is 612 g/mol. The highest BCUT2D eigenvalue weighted by molar-refractivity contribution is 9.10. The van der Waals surface area contributed by atoms with Gasteiger partial charge in [0.1, 0.15) is 11.7 Å². The highest BCUT2D eigenvalue weighted by Gasteiger charge is 2.60. The van der Waals surface area contributed by atoms with Gasteiger partial charge in [-0.15, -0.1) is 0 Å². The van der Waals surface area contributed by atoms with Crippen molar-refractivity contribution in [3.63, 3.8) is 0 Å². The summed E-state index contributed by atoms with van der Waals surface area (Å²) in [6.07, 6.45) is 0.720. The summed E-state index contributed by atoms with van der Waals surface area (Å²) in [4.78, 5) is 45.6. The van der Waals surface area contributed by atoms with E-state index >= 15 is 0 Å². The van der Waals surface area contributed by atoms with Gasteiger partial charge < -0.3 is 14.6 Å². The lowest BCUT2D eigenvalue weighted by molar-refractivity contribution is -0.384. The molecule has 1 N–H and O–H groups in total. The van der Waals surface area contributed by atoms with Crippen LogP contribution in [0.4, 0.5) is 17.1 Å². The maximum absolute atomic E-state index is 13.9. The number of imide groups is 1. The van der Waals surface area contributed by atoms with E-state index in [1.54, 1.807) is 42.5 Å². The summed E-state index contributed by atoms with van der Waals surface area (Å²) in [7, 11) is 1.39. The van der Waals surface area contributed by atoms with Crippen LogP contribution in [0.5, 0.6) is 17.2 Å². The number of halogens is 1. The SMILES string of the molecule is CCCCOc1ccc(N2C(=O)C3ON(c4cccc([N+](=O)[O-])c4)C(c4cc(Br)c(O)c(OC)c4)C3C2=O)cc1. The summed E-state index contributed by atoms with van der Waals surface area (Å²) in [6.45, 7) is 2.63. The van der Waals surface area contributed by atoms with Crippen LogP contribution >= 0.6 is 15.9 Å². The first-order valence-electron chi connectivity index (χ1n) is 12.6. The number of aromatic hydroxyl groups is 1. The third-order valence-corrected chi connectivity index (χ3v) is 7.49. The minimum atomic E-state index is -1.18. The van der Waals surface area contributed by atoms with Crippen LogP contribution in [0, 0.1) is 16.0 Å². The molecule has 3 atom stereocenters. The number of nitro groups is 1. The Morgan fingerprint density at radius 2 is 1.82 bits per heavy atom. The van der Waals surface area contributed by atoms with Crippen LogP contribution in [-0.2, 0) is 14.4 Å². The number of hydrogen-bond donors (Lipinski definition) is 1. The molecular formula is C28H26BrN3O8. The molecule has 208 valence electrons. The molecule has 2 saturated heterocycles. The molecule has 2 heterocycles. The Kier molecular flexibility index (Phi) is 7.63. The molecule has 2 aliphatic rings. The number of unbranched alkanes of at least 4 members (excludes halogenated alkanes) is 1. The van der Waals surface area contributed by atoms with Crippen molar-refractivity contribution >= 4 is 44.8 Å². The van der Waals surface area contributed by atoms with Gasteiger partial charge in [-0.3, -0.25) is 24.5 Å². The van der Waals surface area contributed by atoms with Crippen molar-refractivity contribution in [2.45, 2.75) is 31.9 Å². The number of anilines is 2. The fourth-order valence-corrected chi connectivity index (χ4v) is 5.38. The molecule has 0 saturated carbocycles. The number of phenolic OH excluding ortho intramolecular Hbond substituents is 1. The predicted octanol–water partition coefficient (Wildman–Crippen LogP) is 5.30. The quantitative estimate of drug-likeness (QED) is 0.148. The maximum atomic E-state index is 13.9. The number of carbonyl (C=O) groups is 2. The van der Waals surface area contributed by atoms with E-state index in [9.17, 15) is 24.8 Å². The Bertz CT molecular complexity index is 1460. The summed E-state index contributed by atoms with van der Waals surface area (Å²) in [5, 5.41) is 23.2. The summed E-state index contributed by atoms with van der Waals surface area (Å²) < 4.78 is 11.3. The number of phenols is 1. The van der Waals surface area contributed by atoms with Crippen molar-refractivity contribution in [2.24, 2.45) is 5.92 Å². The molecule has 3 aromatic carbocycles. The third-order valence-electron chi connectivity index (χ3n) is 6.88. The Balaban J connectivity index is 1.54. The molecule has 0 radical (unpaired) electrons. The number of rotatable bonds is 9. The zero-order valence-electron chi connectivity index (χ0n) is 21.7. The van der Waals surface area contributed by atoms with Gasteiger partial charge in [0.15, 0.2) is 17.6 Å². The molecule has 2 aliphatic heterocycles. The zero-order chi connectivity index (χ0) is 28.6. The van der Waals surface area contributed by atoms with Crippen molar-refractivity contribution in [2.75, 3.05) is 23.7 Å². The smallest absolute Gasteiger partial charge is 0.271 e. The van der Waals surface area contributed by atoms with E-state index in [1.807, 2.05) is 0 Å². The molecule has 0 spiro atoms. The van der Waals surface area contributed by atoms with Crippen LogP contribution in [0.3, 0.4) is 0 Å². The number of methoxy groups -OCH3 is 1. The first-order chi connectivity index (χ1) is 19.2. The second-order valence-electron chi connectivity index (χ2n) is 9.36. The number of ether oxygens (including phenoxy) is 2. The number of carbonyl (C=O) groups excluding carboxylic acids is 2. The molecule has 3 aromatic rings. The molecule has 2 fully saturated rings. The van der Waals surface area contributed by atoms with Crippen molar-refractivity contribution in [3.05, 3.63) is 80.8 Å². The van der Waals surface area contributed by atoms with E-state index in [4.69, 9.17) is 14.3 Å². The standard InChI is InChI=1S/C28H26BrN3O8/c1-3-4-12-39-20-10-8-17(9-11-20)30-27(34)23-24(16-13-21(29)25(33)22(14-16)38-2)31(40-26(23)28(30)35)18-6-5-7-19(15-18)32(36)37/h5-11,13-15,23-24,26,33H,3-4,12H2,1-2H3. The fraction of sp³-hybridized carbons (Fsp3) is 0.286. The van der Waals surface area contributed by atoms with Gasteiger partial charge in [0.2, 0.25) is 5.91 Å². The second-order valence-corrected chi connectivity index (χ2v) is 10.2.